The van der Waals surface area contributed by atoms with E-state index in [0.717, 1.165) is 13.2 Å². The Hall–Kier alpha value is -0.120. The summed E-state index contributed by atoms with van der Waals surface area (Å²) >= 11 is 0. The van der Waals surface area contributed by atoms with Crippen LogP contribution in [-0.2, 0) is 4.74 Å². The highest BCUT2D eigenvalue weighted by Crippen LogP contribution is 1.83. The third-order valence-corrected chi connectivity index (χ3v) is 1.09. The van der Waals surface area contributed by atoms with E-state index < -0.39 is 0 Å². The molecule has 0 radical (unpaired) electrons. The summed E-state index contributed by atoms with van der Waals surface area (Å²) in [5.41, 5.74) is 5.31. The largest absolute Gasteiger partial charge is 0.376 e. The van der Waals surface area contributed by atoms with E-state index in [4.69, 9.17) is 10.5 Å². The minimum atomic E-state index is 0.193. The summed E-state index contributed by atoms with van der Waals surface area (Å²) in [6.45, 7) is 4.21. The third kappa shape index (κ3) is 5.76. The van der Waals surface area contributed by atoms with Crippen LogP contribution in [0.3, 0.4) is 0 Å². The molecule has 56 valence electrons. The predicted octanol–water partition coefficient (Wildman–Crippen LogP) is -0.430. The fraction of sp³-hybridized carbons (Fsp3) is 1.00. The minimum Gasteiger partial charge on any atom is -0.376 e. The Balaban J connectivity index is 2.88. The summed E-state index contributed by atoms with van der Waals surface area (Å²) in [6, 6.07) is 0. The van der Waals surface area contributed by atoms with Gasteiger partial charge in [-0.3, -0.25) is 0 Å². The Morgan fingerprint density at radius 1 is 1.67 bits per heavy atom. The van der Waals surface area contributed by atoms with E-state index in [1.54, 1.807) is 0 Å². The molecule has 0 saturated carbocycles. The molecule has 0 aliphatic carbocycles. The lowest BCUT2D eigenvalue weighted by Crippen LogP contribution is -2.24. The van der Waals surface area contributed by atoms with Crippen LogP contribution in [0.2, 0.25) is 0 Å². The molecule has 0 bridgehead atoms. The second-order valence-corrected chi connectivity index (χ2v) is 2.02. The van der Waals surface area contributed by atoms with E-state index in [1.165, 1.54) is 0 Å². The van der Waals surface area contributed by atoms with Gasteiger partial charge in [-0.1, -0.05) is 0 Å². The maximum absolute atomic E-state index is 5.31. The molecular weight excluding hydrogens is 116 g/mol. The van der Waals surface area contributed by atoms with Crippen molar-refractivity contribution in [3.8, 4) is 0 Å². The molecule has 3 N–H and O–H groups in total. The van der Waals surface area contributed by atoms with Crippen molar-refractivity contribution in [2.24, 2.45) is 5.73 Å². The molecule has 0 rings (SSSR count). The Morgan fingerprint density at radius 3 is 2.78 bits per heavy atom. The van der Waals surface area contributed by atoms with Crippen LogP contribution in [0.1, 0.15) is 6.92 Å². The second kappa shape index (κ2) is 6.01. The van der Waals surface area contributed by atoms with Crippen molar-refractivity contribution in [3.05, 3.63) is 0 Å². The Bertz CT molecular complexity index is 59.0. The van der Waals surface area contributed by atoms with Gasteiger partial charge in [0.05, 0.1) is 12.7 Å². The zero-order valence-electron chi connectivity index (χ0n) is 6.18. The average Bonchev–Trinajstić information content (AvgIpc) is 1.89. The first-order valence-corrected chi connectivity index (χ1v) is 3.27. The van der Waals surface area contributed by atoms with Gasteiger partial charge < -0.3 is 15.8 Å². The fourth-order valence-corrected chi connectivity index (χ4v) is 0.430. The van der Waals surface area contributed by atoms with Gasteiger partial charge in [0.2, 0.25) is 0 Å². The minimum absolute atomic E-state index is 0.193. The van der Waals surface area contributed by atoms with E-state index in [-0.39, 0.29) is 6.10 Å². The quantitative estimate of drug-likeness (QED) is 0.499. The number of ether oxygens (including phenoxy) is 1. The Kier molecular flexibility index (Phi) is 5.93. The lowest BCUT2D eigenvalue weighted by Gasteiger charge is -2.08. The van der Waals surface area contributed by atoms with Gasteiger partial charge in [-0.2, -0.15) is 0 Å². The second-order valence-electron chi connectivity index (χ2n) is 2.02. The SMILES string of the molecule is CNCCOC(C)CN. The van der Waals surface area contributed by atoms with Crippen LogP contribution in [0, 0.1) is 0 Å². The summed E-state index contributed by atoms with van der Waals surface area (Å²) < 4.78 is 5.24. The van der Waals surface area contributed by atoms with Crippen molar-refractivity contribution in [1.29, 1.82) is 0 Å². The van der Waals surface area contributed by atoms with Crippen molar-refractivity contribution in [1.82, 2.24) is 5.32 Å². The molecule has 0 aromatic rings. The van der Waals surface area contributed by atoms with Gasteiger partial charge in [0, 0.05) is 13.1 Å². The van der Waals surface area contributed by atoms with Gasteiger partial charge in [-0.05, 0) is 14.0 Å². The summed E-state index contributed by atoms with van der Waals surface area (Å²) in [6.07, 6.45) is 0.193. The van der Waals surface area contributed by atoms with Crippen LogP contribution >= 0.6 is 0 Å². The molecule has 1 atom stereocenters. The van der Waals surface area contributed by atoms with E-state index >= 15 is 0 Å². The number of nitrogens with two attached hydrogens (primary N) is 1. The van der Waals surface area contributed by atoms with Crippen LogP contribution < -0.4 is 11.1 Å². The standard InChI is InChI=1S/C6H16N2O/c1-6(5-7)9-4-3-8-2/h6,8H,3-5,7H2,1-2H3. The van der Waals surface area contributed by atoms with Gasteiger partial charge in [-0.25, -0.2) is 0 Å². The van der Waals surface area contributed by atoms with Gasteiger partial charge in [0.25, 0.3) is 0 Å². The molecule has 1 unspecified atom stereocenters. The first-order valence-electron chi connectivity index (χ1n) is 3.27. The van der Waals surface area contributed by atoms with Crippen LogP contribution in [0.25, 0.3) is 0 Å². The molecule has 0 saturated heterocycles. The Labute approximate surface area is 56.6 Å². The maximum atomic E-state index is 5.31. The first kappa shape index (κ1) is 8.88. The first-order chi connectivity index (χ1) is 4.31. The monoisotopic (exact) mass is 132 g/mol. The van der Waals surface area contributed by atoms with Gasteiger partial charge >= 0.3 is 0 Å². The van der Waals surface area contributed by atoms with Crippen molar-refractivity contribution in [2.45, 2.75) is 13.0 Å². The molecule has 0 aliphatic rings. The van der Waals surface area contributed by atoms with E-state index in [2.05, 4.69) is 5.32 Å². The number of nitrogens with one attached hydrogen (secondary N) is 1. The highest BCUT2D eigenvalue weighted by atomic mass is 16.5. The maximum Gasteiger partial charge on any atom is 0.0669 e. The molecule has 0 aromatic heterocycles. The topological polar surface area (TPSA) is 47.3 Å². The average molecular weight is 132 g/mol. The normalized spacial score (nSPS) is 13.7. The van der Waals surface area contributed by atoms with Gasteiger partial charge in [0.15, 0.2) is 0 Å². The number of hydrogen-bond acceptors (Lipinski definition) is 3. The molecule has 0 fully saturated rings. The van der Waals surface area contributed by atoms with Crippen LogP contribution in [0.4, 0.5) is 0 Å². The lowest BCUT2D eigenvalue weighted by atomic mass is 10.4. The summed E-state index contributed by atoms with van der Waals surface area (Å²) in [7, 11) is 1.90. The van der Waals surface area contributed by atoms with Crippen molar-refractivity contribution < 1.29 is 4.74 Å². The van der Waals surface area contributed by atoms with Crippen LogP contribution in [0.15, 0.2) is 0 Å². The predicted molar refractivity (Wildman–Crippen MR) is 38.4 cm³/mol. The molecule has 0 amide bonds. The lowest BCUT2D eigenvalue weighted by molar-refractivity contribution is 0.0748. The van der Waals surface area contributed by atoms with E-state index in [1.807, 2.05) is 14.0 Å². The van der Waals surface area contributed by atoms with Crippen LogP contribution in [0.5, 0.6) is 0 Å². The number of rotatable bonds is 5. The molecule has 3 nitrogen and oxygen atoms in total. The van der Waals surface area contributed by atoms with Gasteiger partial charge in [-0.15, -0.1) is 0 Å². The molecular formula is C6H16N2O. The molecule has 0 heterocycles. The van der Waals surface area contributed by atoms with Crippen molar-refractivity contribution in [2.75, 3.05) is 26.7 Å². The summed E-state index contributed by atoms with van der Waals surface area (Å²) in [4.78, 5) is 0. The molecule has 0 aromatic carbocycles. The number of likely N-dealkylation sites (N-methyl/N-ethyl adjacent to an activating group) is 1. The van der Waals surface area contributed by atoms with Crippen molar-refractivity contribution >= 4 is 0 Å². The molecule has 9 heavy (non-hydrogen) atoms. The highest BCUT2D eigenvalue weighted by molar-refractivity contribution is 4.48. The smallest absolute Gasteiger partial charge is 0.0669 e. The molecule has 0 aliphatic heterocycles. The zero-order chi connectivity index (χ0) is 7.11. The number of hydrogen-bond donors (Lipinski definition) is 2. The van der Waals surface area contributed by atoms with E-state index in [9.17, 15) is 0 Å². The Morgan fingerprint density at radius 2 is 2.33 bits per heavy atom. The van der Waals surface area contributed by atoms with Gasteiger partial charge in [0.1, 0.15) is 0 Å². The van der Waals surface area contributed by atoms with E-state index in [0.29, 0.717) is 6.54 Å². The molecule has 3 heteroatoms. The van der Waals surface area contributed by atoms with Crippen LogP contribution in [-0.4, -0.2) is 32.8 Å². The third-order valence-electron chi connectivity index (χ3n) is 1.09. The molecule has 0 spiro atoms. The fourth-order valence-electron chi connectivity index (χ4n) is 0.430. The summed E-state index contributed by atoms with van der Waals surface area (Å²) in [5, 5.41) is 2.98. The zero-order valence-corrected chi connectivity index (χ0v) is 6.18. The summed E-state index contributed by atoms with van der Waals surface area (Å²) in [5.74, 6) is 0. The highest BCUT2D eigenvalue weighted by Gasteiger charge is 1.95. The van der Waals surface area contributed by atoms with Crippen molar-refractivity contribution in [3.63, 3.8) is 0 Å².